The van der Waals surface area contributed by atoms with Crippen LogP contribution in [0, 0.1) is 0 Å². The molecule has 1 aromatic carbocycles. The van der Waals surface area contributed by atoms with Gasteiger partial charge in [0.25, 0.3) is 0 Å². The lowest BCUT2D eigenvalue weighted by atomic mass is 10.2. The number of hydrogen-bond acceptors (Lipinski definition) is 3. The monoisotopic (exact) mass is 250 g/mol. The molecule has 0 saturated heterocycles. The summed E-state index contributed by atoms with van der Waals surface area (Å²) in [6, 6.07) is 10.4. The minimum Gasteiger partial charge on any atom is -0.469 e. The van der Waals surface area contributed by atoms with E-state index in [4.69, 9.17) is 20.8 Å². The molecule has 0 amide bonds. The molecule has 17 heavy (non-hydrogen) atoms. The first-order valence-corrected chi connectivity index (χ1v) is 5.60. The molecule has 3 nitrogen and oxygen atoms in total. The number of halogens is 1. The van der Waals surface area contributed by atoms with Crippen molar-refractivity contribution >= 4 is 17.6 Å². The average molecular weight is 251 g/mol. The Morgan fingerprint density at radius 1 is 1.29 bits per heavy atom. The van der Waals surface area contributed by atoms with E-state index >= 15 is 0 Å². The van der Waals surface area contributed by atoms with Gasteiger partial charge in [-0.1, -0.05) is 17.7 Å². The Kier molecular flexibility index (Phi) is 3.83. The van der Waals surface area contributed by atoms with Crippen molar-refractivity contribution < 1.29 is 13.9 Å². The zero-order valence-corrected chi connectivity index (χ0v) is 9.81. The van der Waals surface area contributed by atoms with Crippen LogP contribution in [-0.2, 0) is 11.2 Å². The van der Waals surface area contributed by atoms with Gasteiger partial charge in [0.1, 0.15) is 11.5 Å². The first-order valence-electron chi connectivity index (χ1n) is 5.22. The predicted octanol–water partition coefficient (Wildman–Crippen LogP) is 3.47. The highest BCUT2D eigenvalue weighted by atomic mass is 35.5. The van der Waals surface area contributed by atoms with E-state index < -0.39 is 0 Å². The molecule has 0 aliphatic rings. The second-order valence-corrected chi connectivity index (χ2v) is 3.95. The molecular formula is C13H11ClO3. The summed E-state index contributed by atoms with van der Waals surface area (Å²) in [6.45, 7) is 0. The van der Waals surface area contributed by atoms with Gasteiger partial charge in [0.15, 0.2) is 0 Å². The minimum atomic E-state index is -0.302. The van der Waals surface area contributed by atoms with Gasteiger partial charge in [-0.25, -0.2) is 0 Å². The number of furan rings is 1. The molecule has 0 aliphatic carbocycles. The SMILES string of the molecule is O=C(CCc1ccco1)Oc1cccc(Cl)c1. The Hall–Kier alpha value is -1.74. The van der Waals surface area contributed by atoms with Crippen LogP contribution in [-0.4, -0.2) is 5.97 Å². The van der Waals surface area contributed by atoms with Crippen LogP contribution in [0.3, 0.4) is 0 Å². The first-order chi connectivity index (χ1) is 8.24. The minimum absolute atomic E-state index is 0.278. The zero-order chi connectivity index (χ0) is 12.1. The number of hydrogen-bond donors (Lipinski definition) is 0. The Labute approximate surface area is 104 Å². The topological polar surface area (TPSA) is 39.4 Å². The number of rotatable bonds is 4. The van der Waals surface area contributed by atoms with Gasteiger partial charge in [-0.3, -0.25) is 4.79 Å². The summed E-state index contributed by atoms with van der Waals surface area (Å²) in [4.78, 5) is 11.5. The van der Waals surface area contributed by atoms with Crippen LogP contribution >= 0.6 is 11.6 Å². The number of carbonyl (C=O) groups excluding carboxylic acids is 1. The number of benzene rings is 1. The van der Waals surface area contributed by atoms with Crippen LogP contribution in [0.1, 0.15) is 12.2 Å². The third-order valence-corrected chi connectivity index (χ3v) is 2.42. The van der Waals surface area contributed by atoms with E-state index in [-0.39, 0.29) is 12.4 Å². The molecule has 0 N–H and O–H groups in total. The van der Waals surface area contributed by atoms with Crippen molar-refractivity contribution in [2.75, 3.05) is 0 Å². The summed E-state index contributed by atoms with van der Waals surface area (Å²) in [5, 5.41) is 0.543. The van der Waals surface area contributed by atoms with Crippen molar-refractivity contribution in [1.29, 1.82) is 0 Å². The molecular weight excluding hydrogens is 240 g/mol. The Morgan fingerprint density at radius 2 is 2.18 bits per heavy atom. The summed E-state index contributed by atoms with van der Waals surface area (Å²) < 4.78 is 10.3. The van der Waals surface area contributed by atoms with Crippen LogP contribution in [0.2, 0.25) is 5.02 Å². The van der Waals surface area contributed by atoms with Crippen LogP contribution in [0.15, 0.2) is 47.1 Å². The van der Waals surface area contributed by atoms with Crippen LogP contribution in [0.4, 0.5) is 0 Å². The number of aryl methyl sites for hydroxylation is 1. The molecule has 88 valence electrons. The fraction of sp³-hybridized carbons (Fsp3) is 0.154. The second kappa shape index (κ2) is 5.55. The third kappa shape index (κ3) is 3.64. The zero-order valence-electron chi connectivity index (χ0n) is 9.06. The maximum atomic E-state index is 11.5. The van der Waals surface area contributed by atoms with E-state index in [0.717, 1.165) is 5.76 Å². The van der Waals surface area contributed by atoms with Gasteiger partial charge >= 0.3 is 5.97 Å². The summed E-state index contributed by atoms with van der Waals surface area (Å²) in [6.07, 6.45) is 2.39. The summed E-state index contributed by atoms with van der Waals surface area (Å²) >= 11 is 5.78. The average Bonchev–Trinajstić information content (AvgIpc) is 2.79. The molecule has 0 spiro atoms. The van der Waals surface area contributed by atoms with E-state index in [0.29, 0.717) is 17.2 Å². The standard InChI is InChI=1S/C13H11ClO3/c14-10-3-1-4-12(9-10)17-13(15)7-6-11-5-2-8-16-11/h1-5,8-9H,6-7H2. The maximum absolute atomic E-state index is 11.5. The lowest BCUT2D eigenvalue weighted by molar-refractivity contribution is -0.134. The summed E-state index contributed by atoms with van der Waals surface area (Å²) in [7, 11) is 0. The summed E-state index contributed by atoms with van der Waals surface area (Å²) in [5.41, 5.74) is 0. The van der Waals surface area contributed by atoms with E-state index in [1.807, 2.05) is 6.07 Å². The Morgan fingerprint density at radius 3 is 2.88 bits per heavy atom. The molecule has 0 bridgehead atoms. The molecule has 0 fully saturated rings. The number of carbonyl (C=O) groups is 1. The van der Waals surface area contributed by atoms with Crippen LogP contribution in [0.5, 0.6) is 5.75 Å². The van der Waals surface area contributed by atoms with Gasteiger partial charge in [0.2, 0.25) is 0 Å². The fourth-order valence-corrected chi connectivity index (χ4v) is 1.57. The molecule has 0 saturated carbocycles. The van der Waals surface area contributed by atoms with Gasteiger partial charge in [0.05, 0.1) is 12.7 Å². The smallest absolute Gasteiger partial charge is 0.311 e. The van der Waals surface area contributed by atoms with Gasteiger partial charge in [-0.05, 0) is 30.3 Å². The highest BCUT2D eigenvalue weighted by Gasteiger charge is 2.06. The van der Waals surface area contributed by atoms with Crippen molar-refractivity contribution in [1.82, 2.24) is 0 Å². The number of ether oxygens (including phenoxy) is 1. The molecule has 0 atom stereocenters. The van der Waals surface area contributed by atoms with Crippen molar-refractivity contribution in [3.8, 4) is 5.75 Å². The van der Waals surface area contributed by atoms with E-state index in [2.05, 4.69) is 0 Å². The Balaban J connectivity index is 1.85. The van der Waals surface area contributed by atoms with Crippen molar-refractivity contribution in [3.05, 3.63) is 53.4 Å². The van der Waals surface area contributed by atoms with Gasteiger partial charge in [0, 0.05) is 11.4 Å². The van der Waals surface area contributed by atoms with E-state index in [1.54, 1.807) is 36.6 Å². The van der Waals surface area contributed by atoms with Crippen molar-refractivity contribution in [3.63, 3.8) is 0 Å². The van der Waals surface area contributed by atoms with E-state index in [9.17, 15) is 4.79 Å². The maximum Gasteiger partial charge on any atom is 0.311 e. The van der Waals surface area contributed by atoms with Gasteiger partial charge in [-0.15, -0.1) is 0 Å². The number of esters is 1. The molecule has 1 aromatic heterocycles. The molecule has 0 aliphatic heterocycles. The second-order valence-electron chi connectivity index (χ2n) is 3.51. The summed E-state index contributed by atoms with van der Waals surface area (Å²) in [5.74, 6) is 0.929. The lowest BCUT2D eigenvalue weighted by Gasteiger charge is -2.03. The molecule has 0 radical (unpaired) electrons. The molecule has 2 aromatic rings. The molecule has 0 unspecified atom stereocenters. The fourth-order valence-electron chi connectivity index (χ4n) is 1.39. The van der Waals surface area contributed by atoms with Gasteiger partial charge in [-0.2, -0.15) is 0 Å². The normalized spacial score (nSPS) is 10.2. The van der Waals surface area contributed by atoms with E-state index in [1.165, 1.54) is 0 Å². The van der Waals surface area contributed by atoms with Crippen molar-refractivity contribution in [2.24, 2.45) is 0 Å². The predicted molar refractivity (Wildman–Crippen MR) is 64.1 cm³/mol. The molecule has 1 heterocycles. The third-order valence-electron chi connectivity index (χ3n) is 2.18. The van der Waals surface area contributed by atoms with Crippen molar-refractivity contribution in [2.45, 2.75) is 12.8 Å². The highest BCUT2D eigenvalue weighted by Crippen LogP contribution is 2.17. The first kappa shape index (κ1) is 11.7. The largest absolute Gasteiger partial charge is 0.469 e. The highest BCUT2D eigenvalue weighted by molar-refractivity contribution is 6.30. The van der Waals surface area contributed by atoms with Crippen LogP contribution in [0.25, 0.3) is 0 Å². The van der Waals surface area contributed by atoms with Crippen LogP contribution < -0.4 is 4.74 Å². The Bertz CT molecular complexity index is 491. The molecule has 4 heteroatoms. The van der Waals surface area contributed by atoms with Gasteiger partial charge < -0.3 is 9.15 Å². The lowest BCUT2D eigenvalue weighted by Crippen LogP contribution is -2.08. The molecule has 2 rings (SSSR count). The quantitative estimate of drug-likeness (QED) is 0.616.